The Morgan fingerprint density at radius 2 is 1.94 bits per heavy atom. The maximum Gasteiger partial charge on any atom is 0.336 e. The molecule has 0 amide bonds. The van der Waals surface area contributed by atoms with Gasteiger partial charge < -0.3 is 9.48 Å². The lowest BCUT2D eigenvalue weighted by Crippen LogP contribution is -2.02. The molecule has 0 fully saturated rings. The quantitative estimate of drug-likeness (QED) is 0.824. The van der Waals surface area contributed by atoms with Crippen LogP contribution < -0.4 is 0 Å². The summed E-state index contributed by atoms with van der Waals surface area (Å²) in [5.74, 6) is -3.63. The highest BCUT2D eigenvalue weighted by Crippen LogP contribution is 2.26. The van der Waals surface area contributed by atoms with Crippen LogP contribution in [0.15, 0.2) is 18.2 Å². The summed E-state index contributed by atoms with van der Waals surface area (Å²) in [5, 5.41) is 8.92. The SMILES string of the molecule is O=C(O)c1cc(F)c(F)cc1-c1cc(=S)s[nH]1. The van der Waals surface area contributed by atoms with Crippen LogP contribution in [0.1, 0.15) is 10.4 Å². The average Bonchev–Trinajstić information content (AvgIpc) is 2.68. The van der Waals surface area contributed by atoms with Crippen LogP contribution in [0.5, 0.6) is 0 Å². The van der Waals surface area contributed by atoms with Crippen molar-refractivity contribution in [3.8, 4) is 11.3 Å². The second kappa shape index (κ2) is 4.34. The fraction of sp³-hybridized carbons (Fsp3) is 0. The molecular weight excluding hydrogens is 268 g/mol. The Morgan fingerprint density at radius 1 is 1.29 bits per heavy atom. The van der Waals surface area contributed by atoms with E-state index in [9.17, 15) is 13.6 Å². The number of benzene rings is 1. The monoisotopic (exact) mass is 273 g/mol. The highest BCUT2D eigenvalue weighted by atomic mass is 32.2. The summed E-state index contributed by atoms with van der Waals surface area (Å²) in [6.45, 7) is 0. The van der Waals surface area contributed by atoms with Crippen molar-refractivity contribution >= 4 is 29.7 Å². The van der Waals surface area contributed by atoms with E-state index in [2.05, 4.69) is 4.37 Å². The van der Waals surface area contributed by atoms with Crippen molar-refractivity contribution in [2.45, 2.75) is 0 Å². The number of halogens is 2. The second-order valence-corrected chi connectivity index (χ2v) is 4.74. The molecule has 2 rings (SSSR count). The van der Waals surface area contributed by atoms with Gasteiger partial charge in [0.05, 0.1) is 11.3 Å². The van der Waals surface area contributed by atoms with Gasteiger partial charge in [-0.25, -0.2) is 13.6 Å². The molecule has 17 heavy (non-hydrogen) atoms. The topological polar surface area (TPSA) is 53.1 Å². The van der Waals surface area contributed by atoms with Crippen molar-refractivity contribution in [1.29, 1.82) is 0 Å². The lowest BCUT2D eigenvalue weighted by Gasteiger charge is -2.04. The standard InChI is InChI=1S/C10H5F2NO2S2/c11-6-1-4(8-3-9(16)17-13-8)5(10(14)15)2-7(6)12/h1-3,13H,(H,14,15). The number of carbonyl (C=O) groups is 1. The van der Waals surface area contributed by atoms with Crippen molar-refractivity contribution in [2.75, 3.05) is 0 Å². The third-order valence-electron chi connectivity index (χ3n) is 2.10. The molecule has 0 aliphatic rings. The van der Waals surface area contributed by atoms with Crippen molar-refractivity contribution in [3.05, 3.63) is 39.2 Å². The smallest absolute Gasteiger partial charge is 0.336 e. The first-order valence-corrected chi connectivity index (χ1v) is 5.62. The maximum absolute atomic E-state index is 13.1. The Kier molecular flexibility index (Phi) is 3.03. The van der Waals surface area contributed by atoms with Crippen molar-refractivity contribution in [2.24, 2.45) is 0 Å². The van der Waals surface area contributed by atoms with E-state index in [0.717, 1.165) is 17.6 Å². The molecule has 0 radical (unpaired) electrons. The van der Waals surface area contributed by atoms with Gasteiger partial charge in [0.15, 0.2) is 11.6 Å². The number of nitrogens with one attached hydrogen (secondary N) is 1. The minimum absolute atomic E-state index is 0.0729. The van der Waals surface area contributed by atoms with Gasteiger partial charge in [-0.1, -0.05) is 23.8 Å². The van der Waals surface area contributed by atoms with E-state index in [4.69, 9.17) is 17.3 Å². The predicted octanol–water partition coefficient (Wildman–Crippen LogP) is 3.45. The molecule has 0 aliphatic carbocycles. The van der Waals surface area contributed by atoms with Crippen molar-refractivity contribution in [3.63, 3.8) is 0 Å². The fourth-order valence-corrected chi connectivity index (χ4v) is 2.16. The normalized spacial score (nSPS) is 10.5. The molecule has 0 aliphatic heterocycles. The van der Waals surface area contributed by atoms with E-state index in [1.165, 1.54) is 6.07 Å². The minimum atomic E-state index is -1.33. The highest BCUT2D eigenvalue weighted by Gasteiger charge is 2.17. The Morgan fingerprint density at radius 3 is 2.47 bits per heavy atom. The summed E-state index contributed by atoms with van der Waals surface area (Å²) in [7, 11) is 0. The summed E-state index contributed by atoms with van der Waals surface area (Å²) in [6, 6.07) is 2.99. The maximum atomic E-state index is 13.1. The van der Waals surface area contributed by atoms with Gasteiger partial charge in [0.1, 0.15) is 3.82 Å². The van der Waals surface area contributed by atoms with Gasteiger partial charge in [-0.15, -0.1) is 0 Å². The molecule has 7 heteroatoms. The van der Waals surface area contributed by atoms with Crippen LogP contribution >= 0.6 is 23.8 Å². The molecule has 0 saturated heterocycles. The Bertz CT molecular complexity index is 648. The number of H-pyrrole nitrogens is 1. The first kappa shape index (κ1) is 11.9. The first-order valence-electron chi connectivity index (χ1n) is 4.40. The lowest BCUT2D eigenvalue weighted by molar-refractivity contribution is 0.0697. The summed E-state index contributed by atoms with van der Waals surface area (Å²) >= 11 is 5.98. The average molecular weight is 273 g/mol. The fourth-order valence-electron chi connectivity index (χ4n) is 1.36. The van der Waals surface area contributed by atoms with Gasteiger partial charge in [0.2, 0.25) is 0 Å². The van der Waals surface area contributed by atoms with Gasteiger partial charge in [0.25, 0.3) is 0 Å². The number of aromatic amines is 1. The summed E-state index contributed by atoms with van der Waals surface area (Å²) in [6.07, 6.45) is 0. The summed E-state index contributed by atoms with van der Waals surface area (Å²) in [4.78, 5) is 10.9. The highest BCUT2D eigenvalue weighted by molar-refractivity contribution is 7.73. The minimum Gasteiger partial charge on any atom is -0.478 e. The first-order chi connectivity index (χ1) is 7.99. The van der Waals surface area contributed by atoms with Gasteiger partial charge >= 0.3 is 5.97 Å². The van der Waals surface area contributed by atoms with E-state index >= 15 is 0 Å². The van der Waals surface area contributed by atoms with E-state index in [0.29, 0.717) is 15.6 Å². The molecule has 88 valence electrons. The van der Waals surface area contributed by atoms with E-state index in [1.54, 1.807) is 0 Å². The van der Waals surface area contributed by atoms with Crippen LogP contribution in [0, 0.1) is 15.5 Å². The van der Waals surface area contributed by atoms with Crippen LogP contribution in [0.3, 0.4) is 0 Å². The largest absolute Gasteiger partial charge is 0.478 e. The molecular formula is C10H5F2NO2S2. The van der Waals surface area contributed by atoms with Gasteiger partial charge in [0, 0.05) is 5.56 Å². The molecule has 0 spiro atoms. The number of aromatic carboxylic acids is 1. The Balaban J connectivity index is 2.71. The molecule has 0 unspecified atom stereocenters. The van der Waals surface area contributed by atoms with Crippen LogP contribution in [-0.4, -0.2) is 15.4 Å². The molecule has 3 nitrogen and oxygen atoms in total. The molecule has 1 aromatic carbocycles. The lowest BCUT2D eigenvalue weighted by atomic mass is 10.0. The Hall–Kier alpha value is -1.60. The zero-order valence-electron chi connectivity index (χ0n) is 8.16. The second-order valence-electron chi connectivity index (χ2n) is 3.20. The summed E-state index contributed by atoms with van der Waals surface area (Å²) < 4.78 is 29.3. The predicted molar refractivity (Wildman–Crippen MR) is 61.8 cm³/mol. The van der Waals surface area contributed by atoms with Crippen molar-refractivity contribution < 1.29 is 18.7 Å². The molecule has 0 saturated carbocycles. The molecule has 0 bridgehead atoms. The van der Waals surface area contributed by atoms with Gasteiger partial charge in [-0.05, 0) is 18.2 Å². The van der Waals surface area contributed by atoms with Crippen LogP contribution in [0.25, 0.3) is 11.3 Å². The number of hydrogen-bond acceptors (Lipinski definition) is 3. The number of rotatable bonds is 2. The third kappa shape index (κ3) is 2.25. The molecule has 1 heterocycles. The molecule has 2 N–H and O–H groups in total. The summed E-state index contributed by atoms with van der Waals surface area (Å²) in [5.41, 5.74) is 0.119. The number of aromatic nitrogens is 1. The molecule has 2 aromatic rings. The van der Waals surface area contributed by atoms with E-state index in [1.807, 2.05) is 0 Å². The van der Waals surface area contributed by atoms with Gasteiger partial charge in [-0.2, -0.15) is 0 Å². The number of hydrogen-bond donors (Lipinski definition) is 2. The third-order valence-corrected chi connectivity index (χ3v) is 3.11. The number of carboxylic acid groups (broad SMARTS) is 1. The van der Waals surface area contributed by atoms with Crippen LogP contribution in [0.2, 0.25) is 0 Å². The van der Waals surface area contributed by atoms with E-state index < -0.39 is 17.6 Å². The molecule has 1 aromatic heterocycles. The Labute approximate surface area is 104 Å². The van der Waals surface area contributed by atoms with Crippen molar-refractivity contribution in [1.82, 2.24) is 4.37 Å². The van der Waals surface area contributed by atoms with Gasteiger partial charge in [-0.3, -0.25) is 0 Å². The zero-order chi connectivity index (χ0) is 12.6. The molecule has 0 atom stereocenters. The van der Waals surface area contributed by atoms with E-state index in [-0.39, 0.29) is 11.1 Å². The number of carboxylic acids is 1. The van der Waals surface area contributed by atoms with Crippen LogP contribution in [0.4, 0.5) is 8.78 Å². The van der Waals surface area contributed by atoms with Crippen LogP contribution in [-0.2, 0) is 0 Å². The zero-order valence-corrected chi connectivity index (χ0v) is 9.79.